The molecular weight excluding hydrogens is 307 g/mol. The van der Waals surface area contributed by atoms with Crippen molar-refractivity contribution < 1.29 is 19.8 Å². The molecule has 0 spiro atoms. The van der Waals surface area contributed by atoms with E-state index >= 15 is 0 Å². The van der Waals surface area contributed by atoms with E-state index in [2.05, 4.69) is 5.32 Å². The quantitative estimate of drug-likeness (QED) is 0.777. The number of halogens is 2. The molecule has 20 heavy (non-hydrogen) atoms. The first kappa shape index (κ1) is 16.6. The van der Waals surface area contributed by atoms with Crippen molar-refractivity contribution in [3.63, 3.8) is 0 Å². The Kier molecular flexibility index (Phi) is 6.06. The number of anilines is 1. The lowest BCUT2D eigenvalue weighted by Gasteiger charge is -2.21. The number of amides is 2. The molecule has 0 radical (unpaired) electrons. The first-order valence-corrected chi connectivity index (χ1v) is 6.55. The highest BCUT2D eigenvalue weighted by Crippen LogP contribution is 2.32. The molecule has 0 heterocycles. The minimum atomic E-state index is -1.16. The smallest absolute Gasteiger partial charge is 0.335 e. The van der Waals surface area contributed by atoms with Gasteiger partial charge in [0, 0.05) is 13.1 Å². The van der Waals surface area contributed by atoms with Gasteiger partial charge < -0.3 is 20.4 Å². The van der Waals surface area contributed by atoms with Crippen molar-refractivity contribution in [2.24, 2.45) is 0 Å². The van der Waals surface area contributed by atoms with E-state index < -0.39 is 12.0 Å². The van der Waals surface area contributed by atoms with Crippen LogP contribution in [0.15, 0.2) is 12.1 Å². The van der Waals surface area contributed by atoms with Crippen molar-refractivity contribution in [1.82, 2.24) is 4.90 Å². The van der Waals surface area contributed by atoms with Crippen molar-refractivity contribution in [1.29, 1.82) is 0 Å². The van der Waals surface area contributed by atoms with Crippen LogP contribution >= 0.6 is 23.2 Å². The zero-order valence-electron chi connectivity index (χ0n) is 10.7. The van der Waals surface area contributed by atoms with Gasteiger partial charge in [0.25, 0.3) is 0 Å². The molecule has 110 valence electrons. The van der Waals surface area contributed by atoms with Gasteiger partial charge in [0.1, 0.15) is 0 Å². The van der Waals surface area contributed by atoms with Crippen molar-refractivity contribution in [2.75, 3.05) is 25.0 Å². The van der Waals surface area contributed by atoms with Crippen molar-refractivity contribution >= 4 is 40.9 Å². The van der Waals surface area contributed by atoms with Gasteiger partial charge >= 0.3 is 12.0 Å². The Balaban J connectivity index is 2.98. The average Bonchev–Trinajstić information content (AvgIpc) is 2.39. The molecule has 0 bridgehead atoms. The Morgan fingerprint density at radius 1 is 1.30 bits per heavy atom. The van der Waals surface area contributed by atoms with Crippen LogP contribution in [-0.2, 0) is 0 Å². The second kappa shape index (κ2) is 7.33. The van der Waals surface area contributed by atoms with Gasteiger partial charge in [0.15, 0.2) is 0 Å². The van der Waals surface area contributed by atoms with Gasteiger partial charge in [-0.15, -0.1) is 0 Å². The maximum Gasteiger partial charge on any atom is 0.335 e. The topological polar surface area (TPSA) is 89.9 Å². The van der Waals surface area contributed by atoms with E-state index in [-0.39, 0.29) is 34.4 Å². The van der Waals surface area contributed by atoms with Crippen molar-refractivity contribution in [2.45, 2.75) is 6.92 Å². The molecule has 0 aliphatic heterocycles. The van der Waals surface area contributed by atoms with Crippen LogP contribution in [0.25, 0.3) is 0 Å². The van der Waals surface area contributed by atoms with Crippen LogP contribution in [0, 0.1) is 0 Å². The number of aliphatic hydroxyl groups excluding tert-OH is 1. The molecule has 0 saturated carbocycles. The van der Waals surface area contributed by atoms with E-state index in [0.717, 1.165) is 0 Å². The Hall–Kier alpha value is -1.50. The molecule has 1 aromatic rings. The van der Waals surface area contributed by atoms with Crippen LogP contribution in [0.1, 0.15) is 17.3 Å². The molecule has 8 heteroatoms. The summed E-state index contributed by atoms with van der Waals surface area (Å²) in [5.41, 5.74) is 0.0698. The number of carbonyl (C=O) groups is 2. The Bertz CT molecular complexity index is 499. The SMILES string of the molecule is CCN(CCO)C(=O)Nc1c(Cl)cc(C(=O)O)cc1Cl. The van der Waals surface area contributed by atoms with Crippen LogP contribution in [0.2, 0.25) is 10.0 Å². The molecule has 0 aliphatic rings. The summed E-state index contributed by atoms with van der Waals surface area (Å²) < 4.78 is 0. The molecule has 0 unspecified atom stereocenters. The fourth-order valence-electron chi connectivity index (χ4n) is 1.53. The first-order chi connectivity index (χ1) is 9.40. The molecule has 0 atom stereocenters. The summed E-state index contributed by atoms with van der Waals surface area (Å²) in [6, 6.07) is 1.93. The Labute approximate surface area is 125 Å². The fourth-order valence-corrected chi connectivity index (χ4v) is 2.11. The number of hydrogen-bond acceptors (Lipinski definition) is 3. The predicted molar refractivity (Wildman–Crippen MR) is 76.8 cm³/mol. The normalized spacial score (nSPS) is 10.2. The summed E-state index contributed by atoms with van der Waals surface area (Å²) in [4.78, 5) is 24.1. The maximum atomic E-state index is 11.9. The third-order valence-corrected chi connectivity index (χ3v) is 3.16. The zero-order chi connectivity index (χ0) is 15.3. The van der Waals surface area contributed by atoms with Gasteiger partial charge in [-0.1, -0.05) is 23.2 Å². The lowest BCUT2D eigenvalue weighted by Crippen LogP contribution is -2.36. The molecule has 0 aromatic heterocycles. The molecule has 0 aliphatic carbocycles. The van der Waals surface area contributed by atoms with E-state index in [9.17, 15) is 9.59 Å². The van der Waals surface area contributed by atoms with Crippen LogP contribution < -0.4 is 5.32 Å². The number of carboxylic acid groups (broad SMARTS) is 1. The molecule has 6 nitrogen and oxygen atoms in total. The number of likely N-dealkylation sites (N-methyl/N-ethyl adjacent to an activating group) is 1. The lowest BCUT2D eigenvalue weighted by atomic mass is 10.2. The standard InChI is InChI=1S/C12H14Cl2N2O4/c1-2-16(3-4-17)12(20)15-10-8(13)5-7(11(18)19)6-9(10)14/h5-6,17H,2-4H2,1H3,(H,15,20)(H,18,19). The Morgan fingerprint density at radius 2 is 1.85 bits per heavy atom. The number of nitrogens with zero attached hydrogens (tertiary/aromatic N) is 1. The second-order valence-corrected chi connectivity index (χ2v) is 4.67. The van der Waals surface area contributed by atoms with Gasteiger partial charge in [0.2, 0.25) is 0 Å². The summed E-state index contributed by atoms with van der Waals surface area (Å²) >= 11 is 11.8. The monoisotopic (exact) mass is 320 g/mol. The number of urea groups is 1. The summed E-state index contributed by atoms with van der Waals surface area (Å²) in [5.74, 6) is -1.16. The van der Waals surface area contributed by atoms with Crippen LogP contribution in [0.4, 0.5) is 10.5 Å². The molecule has 0 fully saturated rings. The number of benzene rings is 1. The summed E-state index contributed by atoms with van der Waals surface area (Å²) in [6.45, 7) is 2.16. The van der Waals surface area contributed by atoms with Crippen molar-refractivity contribution in [3.05, 3.63) is 27.7 Å². The third-order valence-electron chi connectivity index (χ3n) is 2.56. The number of carbonyl (C=O) groups excluding carboxylic acids is 1. The maximum absolute atomic E-state index is 11.9. The first-order valence-electron chi connectivity index (χ1n) is 5.79. The van der Waals surface area contributed by atoms with Crippen LogP contribution in [0.3, 0.4) is 0 Å². The van der Waals surface area contributed by atoms with Gasteiger partial charge in [-0.2, -0.15) is 0 Å². The summed E-state index contributed by atoms with van der Waals surface area (Å²) in [6.07, 6.45) is 0. The minimum Gasteiger partial charge on any atom is -0.478 e. The lowest BCUT2D eigenvalue weighted by molar-refractivity contribution is 0.0697. The highest BCUT2D eigenvalue weighted by atomic mass is 35.5. The van der Waals surface area contributed by atoms with Gasteiger partial charge in [0.05, 0.1) is 27.9 Å². The Morgan fingerprint density at radius 3 is 2.25 bits per heavy atom. The number of nitrogens with one attached hydrogen (secondary N) is 1. The average molecular weight is 321 g/mol. The van der Waals surface area contributed by atoms with Gasteiger partial charge in [-0.3, -0.25) is 0 Å². The minimum absolute atomic E-state index is 0.0308. The number of hydrogen-bond donors (Lipinski definition) is 3. The summed E-state index contributed by atoms with van der Waals surface area (Å²) in [7, 11) is 0. The molecule has 2 amide bonds. The zero-order valence-corrected chi connectivity index (χ0v) is 12.2. The number of rotatable bonds is 5. The second-order valence-electron chi connectivity index (χ2n) is 3.85. The number of aromatic carboxylic acids is 1. The van der Waals surface area contributed by atoms with Gasteiger partial charge in [-0.25, -0.2) is 9.59 Å². The summed E-state index contributed by atoms with van der Waals surface area (Å²) in [5, 5.41) is 20.3. The molecule has 1 rings (SSSR count). The van der Waals surface area contributed by atoms with E-state index in [1.165, 1.54) is 17.0 Å². The predicted octanol–water partition coefficient (Wildman–Crippen LogP) is 2.54. The molecule has 0 saturated heterocycles. The number of aliphatic hydroxyl groups is 1. The van der Waals surface area contributed by atoms with Crippen molar-refractivity contribution in [3.8, 4) is 0 Å². The van der Waals surface area contributed by atoms with Crippen LogP contribution in [0.5, 0.6) is 0 Å². The molecule has 3 N–H and O–H groups in total. The highest BCUT2D eigenvalue weighted by Gasteiger charge is 2.17. The molecule has 1 aromatic carbocycles. The fraction of sp³-hybridized carbons (Fsp3) is 0.333. The van der Waals surface area contributed by atoms with E-state index in [1.807, 2.05) is 0 Å². The molecular formula is C12H14Cl2N2O4. The third kappa shape index (κ3) is 4.00. The largest absolute Gasteiger partial charge is 0.478 e. The highest BCUT2D eigenvalue weighted by molar-refractivity contribution is 6.40. The van der Waals surface area contributed by atoms with E-state index in [1.54, 1.807) is 6.92 Å². The number of carboxylic acids is 1. The van der Waals surface area contributed by atoms with E-state index in [4.69, 9.17) is 33.4 Å². The van der Waals surface area contributed by atoms with Crippen LogP contribution in [-0.4, -0.2) is 46.8 Å². The van der Waals surface area contributed by atoms with Gasteiger partial charge in [-0.05, 0) is 19.1 Å². The van der Waals surface area contributed by atoms with E-state index in [0.29, 0.717) is 6.54 Å².